The standard InChI is InChI=1S/C23H27N3O2/c27-23-13-20(15-26-10-9-24-17-26)12-22(23)25-14-18-5-4-6-19(11-18)16-28-21-7-2-1-3-8-21/h1-11,17,20,22-23,25,27H,12-16H2/t20?,22-,23-/m1/s1. The van der Waals surface area contributed by atoms with Gasteiger partial charge in [0, 0.05) is 31.5 Å². The molecule has 28 heavy (non-hydrogen) atoms. The summed E-state index contributed by atoms with van der Waals surface area (Å²) in [5.74, 6) is 1.36. The summed E-state index contributed by atoms with van der Waals surface area (Å²) in [6.07, 6.45) is 7.15. The molecule has 3 atom stereocenters. The first kappa shape index (κ1) is 18.7. The summed E-state index contributed by atoms with van der Waals surface area (Å²) in [5, 5.41) is 14.0. The summed E-state index contributed by atoms with van der Waals surface area (Å²) in [4.78, 5) is 4.10. The van der Waals surface area contributed by atoms with Crippen LogP contribution in [0.3, 0.4) is 0 Å². The van der Waals surface area contributed by atoms with Crippen LogP contribution in [-0.2, 0) is 19.7 Å². The lowest BCUT2D eigenvalue weighted by atomic mass is 10.1. The molecule has 5 nitrogen and oxygen atoms in total. The number of rotatable bonds is 8. The maximum Gasteiger partial charge on any atom is 0.119 e. The average molecular weight is 377 g/mol. The topological polar surface area (TPSA) is 59.3 Å². The summed E-state index contributed by atoms with van der Waals surface area (Å²) >= 11 is 0. The number of para-hydroxylation sites is 1. The summed E-state index contributed by atoms with van der Waals surface area (Å²) in [7, 11) is 0. The van der Waals surface area contributed by atoms with E-state index in [-0.39, 0.29) is 12.1 Å². The third-order valence-electron chi connectivity index (χ3n) is 5.36. The molecule has 0 bridgehead atoms. The molecule has 1 fully saturated rings. The molecular weight excluding hydrogens is 350 g/mol. The van der Waals surface area contributed by atoms with Gasteiger partial charge in [0.05, 0.1) is 12.4 Å². The van der Waals surface area contributed by atoms with E-state index in [9.17, 15) is 5.11 Å². The van der Waals surface area contributed by atoms with Crippen LogP contribution in [0.5, 0.6) is 5.75 Å². The zero-order chi connectivity index (χ0) is 19.2. The number of hydrogen-bond acceptors (Lipinski definition) is 4. The van der Waals surface area contributed by atoms with Crippen LogP contribution in [0.15, 0.2) is 73.3 Å². The van der Waals surface area contributed by atoms with E-state index in [2.05, 4.69) is 39.1 Å². The SMILES string of the molecule is O[C@@H]1CC(Cn2ccnc2)C[C@H]1NCc1cccc(COc2ccccc2)c1. The largest absolute Gasteiger partial charge is 0.489 e. The van der Waals surface area contributed by atoms with Crippen molar-refractivity contribution < 1.29 is 9.84 Å². The Kier molecular flexibility index (Phi) is 6.04. The molecule has 2 N–H and O–H groups in total. The normalized spacial score (nSPS) is 21.7. The summed E-state index contributed by atoms with van der Waals surface area (Å²) in [6, 6.07) is 18.4. The van der Waals surface area contributed by atoms with Crippen LogP contribution >= 0.6 is 0 Å². The van der Waals surface area contributed by atoms with Gasteiger partial charge >= 0.3 is 0 Å². The van der Waals surface area contributed by atoms with Gasteiger partial charge in [0.25, 0.3) is 0 Å². The highest BCUT2D eigenvalue weighted by Gasteiger charge is 2.32. The third-order valence-corrected chi connectivity index (χ3v) is 5.36. The zero-order valence-electron chi connectivity index (χ0n) is 15.9. The lowest BCUT2D eigenvalue weighted by Crippen LogP contribution is -2.35. The van der Waals surface area contributed by atoms with Crippen LogP contribution < -0.4 is 10.1 Å². The minimum absolute atomic E-state index is 0.137. The Balaban J connectivity index is 1.27. The van der Waals surface area contributed by atoms with E-state index in [1.54, 1.807) is 6.20 Å². The molecule has 0 aliphatic heterocycles. The summed E-state index contributed by atoms with van der Waals surface area (Å²) in [6.45, 7) is 2.22. The highest BCUT2D eigenvalue weighted by molar-refractivity contribution is 5.25. The van der Waals surface area contributed by atoms with Crippen molar-refractivity contribution in [2.45, 2.75) is 44.7 Å². The number of aliphatic hydroxyl groups is 1. The van der Waals surface area contributed by atoms with E-state index in [1.165, 1.54) is 5.56 Å². The second kappa shape index (κ2) is 9.04. The number of nitrogens with one attached hydrogen (secondary N) is 1. The first-order valence-electron chi connectivity index (χ1n) is 9.89. The average Bonchev–Trinajstić information content (AvgIpc) is 3.35. The van der Waals surface area contributed by atoms with Crippen LogP contribution in [0.25, 0.3) is 0 Å². The van der Waals surface area contributed by atoms with Crippen molar-refractivity contribution in [1.29, 1.82) is 0 Å². The number of ether oxygens (including phenoxy) is 1. The van der Waals surface area contributed by atoms with Crippen LogP contribution in [0.2, 0.25) is 0 Å². The van der Waals surface area contributed by atoms with Gasteiger partial charge in [0.2, 0.25) is 0 Å². The van der Waals surface area contributed by atoms with Gasteiger partial charge in [-0.25, -0.2) is 4.98 Å². The summed E-state index contributed by atoms with van der Waals surface area (Å²) in [5.41, 5.74) is 2.35. The van der Waals surface area contributed by atoms with Gasteiger partial charge in [0.1, 0.15) is 12.4 Å². The molecule has 0 radical (unpaired) electrons. The molecule has 1 heterocycles. The Morgan fingerprint density at radius 2 is 1.93 bits per heavy atom. The molecular formula is C23H27N3O2. The van der Waals surface area contributed by atoms with Crippen molar-refractivity contribution in [2.75, 3.05) is 0 Å². The predicted octanol–water partition coefficient (Wildman–Crippen LogP) is 3.39. The van der Waals surface area contributed by atoms with Crippen molar-refractivity contribution in [3.8, 4) is 5.75 Å². The smallest absolute Gasteiger partial charge is 0.119 e. The second-order valence-electron chi connectivity index (χ2n) is 7.57. The molecule has 2 aromatic carbocycles. The van der Waals surface area contributed by atoms with Gasteiger partial charge in [-0.05, 0) is 42.0 Å². The molecule has 3 aromatic rings. The molecule has 5 heteroatoms. The quantitative estimate of drug-likeness (QED) is 0.632. The lowest BCUT2D eigenvalue weighted by Gasteiger charge is -2.17. The summed E-state index contributed by atoms with van der Waals surface area (Å²) < 4.78 is 7.93. The van der Waals surface area contributed by atoms with Crippen molar-refractivity contribution in [1.82, 2.24) is 14.9 Å². The van der Waals surface area contributed by atoms with Crippen molar-refractivity contribution >= 4 is 0 Å². The van der Waals surface area contributed by atoms with Gasteiger partial charge < -0.3 is 19.7 Å². The lowest BCUT2D eigenvalue weighted by molar-refractivity contribution is 0.145. The maximum atomic E-state index is 10.4. The fourth-order valence-electron chi connectivity index (χ4n) is 3.94. The monoisotopic (exact) mass is 377 g/mol. The molecule has 1 unspecified atom stereocenters. The Labute approximate surface area is 166 Å². The van der Waals surface area contributed by atoms with E-state index in [0.29, 0.717) is 12.5 Å². The Morgan fingerprint density at radius 1 is 1.07 bits per heavy atom. The predicted molar refractivity (Wildman–Crippen MR) is 109 cm³/mol. The van der Waals surface area contributed by atoms with Gasteiger partial charge in [-0.3, -0.25) is 0 Å². The third kappa shape index (κ3) is 5.00. The van der Waals surface area contributed by atoms with Crippen LogP contribution in [0.4, 0.5) is 0 Å². The Bertz CT molecular complexity index is 851. The Hall–Kier alpha value is -2.63. The van der Waals surface area contributed by atoms with Gasteiger partial charge in [-0.1, -0.05) is 42.5 Å². The van der Waals surface area contributed by atoms with Crippen LogP contribution in [0, 0.1) is 5.92 Å². The molecule has 1 saturated carbocycles. The van der Waals surface area contributed by atoms with Crippen LogP contribution in [-0.4, -0.2) is 26.8 Å². The molecule has 0 saturated heterocycles. The van der Waals surface area contributed by atoms with Gasteiger partial charge in [0.15, 0.2) is 0 Å². The van der Waals surface area contributed by atoms with E-state index in [0.717, 1.165) is 37.2 Å². The fourth-order valence-corrected chi connectivity index (χ4v) is 3.94. The van der Waals surface area contributed by atoms with Gasteiger partial charge in [-0.15, -0.1) is 0 Å². The number of imidazole rings is 1. The van der Waals surface area contributed by atoms with Crippen molar-refractivity contribution in [3.05, 3.63) is 84.4 Å². The van der Waals surface area contributed by atoms with E-state index in [1.807, 2.05) is 42.9 Å². The maximum absolute atomic E-state index is 10.4. The molecule has 4 rings (SSSR count). The number of aliphatic hydroxyl groups excluding tert-OH is 1. The van der Waals surface area contributed by atoms with Crippen molar-refractivity contribution in [3.63, 3.8) is 0 Å². The highest BCUT2D eigenvalue weighted by Crippen LogP contribution is 2.28. The molecule has 0 spiro atoms. The number of hydrogen-bond donors (Lipinski definition) is 2. The van der Waals surface area contributed by atoms with Crippen molar-refractivity contribution in [2.24, 2.45) is 5.92 Å². The minimum atomic E-state index is -0.293. The molecule has 0 amide bonds. The fraction of sp³-hybridized carbons (Fsp3) is 0.348. The molecule has 1 aliphatic rings. The van der Waals surface area contributed by atoms with Gasteiger partial charge in [-0.2, -0.15) is 0 Å². The highest BCUT2D eigenvalue weighted by atomic mass is 16.5. The van der Waals surface area contributed by atoms with E-state index < -0.39 is 0 Å². The molecule has 1 aromatic heterocycles. The Morgan fingerprint density at radius 3 is 2.75 bits per heavy atom. The first-order chi connectivity index (χ1) is 13.8. The van der Waals surface area contributed by atoms with E-state index >= 15 is 0 Å². The molecule has 1 aliphatic carbocycles. The number of nitrogens with zero attached hydrogens (tertiary/aromatic N) is 2. The molecule has 146 valence electrons. The zero-order valence-corrected chi connectivity index (χ0v) is 15.9. The van der Waals surface area contributed by atoms with E-state index in [4.69, 9.17) is 4.74 Å². The second-order valence-corrected chi connectivity index (χ2v) is 7.57. The first-order valence-corrected chi connectivity index (χ1v) is 9.89. The number of aromatic nitrogens is 2. The minimum Gasteiger partial charge on any atom is -0.489 e. The number of benzene rings is 2. The van der Waals surface area contributed by atoms with Crippen LogP contribution in [0.1, 0.15) is 24.0 Å².